The first-order valence-electron chi connectivity index (χ1n) is 38.2. The van der Waals surface area contributed by atoms with E-state index in [0.717, 1.165) is 80.9 Å². The van der Waals surface area contributed by atoms with Gasteiger partial charge in [0.25, 0.3) is 0 Å². The lowest BCUT2D eigenvalue weighted by Gasteiger charge is -2.21. The summed E-state index contributed by atoms with van der Waals surface area (Å²) in [5.41, 5.74) is 2.40. The number of Topliss-reactive ketones (excluding diaryl/α,β-unsaturated/α-hetero) is 3. The molecule has 0 bridgehead atoms. The molecule has 0 saturated heterocycles. The van der Waals surface area contributed by atoms with Gasteiger partial charge in [0.15, 0.2) is 69.5 Å². The van der Waals surface area contributed by atoms with E-state index in [9.17, 15) is 151 Å². The maximum absolute atomic E-state index is 14.0. The van der Waals surface area contributed by atoms with Gasteiger partial charge >= 0.3 is 41.4 Å². The van der Waals surface area contributed by atoms with Gasteiger partial charge in [-0.25, -0.2) is 69.5 Å². The van der Waals surface area contributed by atoms with Crippen LogP contribution in [0.25, 0.3) is 0 Å². The molecule has 0 unspecified atom stereocenters. The average molecular weight is 1930 g/mol. The number of ketones is 3. The Morgan fingerprint density at radius 3 is 0.844 bits per heavy atom. The third-order valence-electron chi connectivity index (χ3n) is 17.3. The van der Waals surface area contributed by atoms with Gasteiger partial charge in [-0.1, -0.05) is 78.9 Å². The number of nitrogens with two attached hydrogens (primary N) is 1. The van der Waals surface area contributed by atoms with Crippen molar-refractivity contribution in [1.29, 1.82) is 0 Å². The number of amides is 11. The monoisotopic (exact) mass is 1930 g/mol. The van der Waals surface area contributed by atoms with Gasteiger partial charge in [-0.05, 0) is 87.6 Å². The zero-order valence-electron chi connectivity index (χ0n) is 69.4. The molecule has 6 atom stereocenters. The molecule has 0 aliphatic rings. The van der Waals surface area contributed by atoms with Crippen LogP contribution in [-0.4, -0.2) is 155 Å². The molecule has 8 aromatic rings. The number of carbonyl (C=O) groups excluding carboxylic acids is 14. The summed E-state index contributed by atoms with van der Waals surface area (Å²) in [6, 6.07) is 16.3. The molecule has 11 amide bonds. The highest BCUT2D eigenvalue weighted by Crippen LogP contribution is 2.31. The molecule has 0 radical (unpaired) electrons. The van der Waals surface area contributed by atoms with E-state index in [-0.39, 0.29) is 24.8 Å². The Labute approximate surface area is 747 Å². The zero-order valence-corrected chi connectivity index (χ0v) is 69.4. The number of para-hydroxylation sites is 3. The Hall–Kier alpha value is -15.6. The summed E-state index contributed by atoms with van der Waals surface area (Å²) < 4.78 is 260. The van der Waals surface area contributed by atoms with Crippen LogP contribution in [0.4, 0.5) is 96.1 Å². The highest BCUT2D eigenvalue weighted by Gasteiger charge is 2.35. The molecule has 0 aromatic heterocycles. The van der Waals surface area contributed by atoms with Crippen molar-refractivity contribution < 1.29 is 185 Å². The van der Waals surface area contributed by atoms with Crippen LogP contribution in [0.1, 0.15) is 70.4 Å². The molecule has 724 valence electrons. The minimum absolute atomic E-state index is 0.0187. The van der Waals surface area contributed by atoms with E-state index in [0.29, 0.717) is 12.2 Å². The molecule has 135 heavy (non-hydrogen) atoms. The van der Waals surface area contributed by atoms with Crippen LogP contribution in [-0.2, 0) is 94.8 Å². The van der Waals surface area contributed by atoms with Crippen molar-refractivity contribution in [3.05, 3.63) is 249 Å². The quantitative estimate of drug-likeness (QED) is 0.00583. The van der Waals surface area contributed by atoms with Crippen molar-refractivity contribution in [3.63, 3.8) is 0 Å². The van der Waals surface area contributed by atoms with Crippen LogP contribution in [0.3, 0.4) is 0 Å². The summed E-state index contributed by atoms with van der Waals surface area (Å²) in [6.07, 6.45) is -3.39. The third-order valence-corrected chi connectivity index (χ3v) is 17.3. The molecule has 8 rings (SSSR count). The molecular weight excluding hydrogens is 1860 g/mol. The number of ether oxygens (including phenoxy) is 3. The number of anilines is 3. The Morgan fingerprint density at radius 2 is 0.585 bits per heavy atom. The fraction of sp³-hybridized carbons (Fsp3) is 0.241. The minimum Gasteiger partial charge on any atom is -0.481 e. The number of rotatable bonds is 38. The maximum Gasteiger partial charge on any atom is 0.313 e. The summed E-state index contributed by atoms with van der Waals surface area (Å²) in [5, 5.41) is 34.6. The van der Waals surface area contributed by atoms with Crippen LogP contribution in [0, 0.1) is 105 Å². The van der Waals surface area contributed by atoms with Crippen LogP contribution in [0.15, 0.2) is 133 Å². The van der Waals surface area contributed by atoms with Crippen molar-refractivity contribution in [2.45, 2.75) is 109 Å². The molecule has 8 aromatic carbocycles. The fourth-order valence-electron chi connectivity index (χ4n) is 10.3. The molecule has 0 aliphatic carbocycles. The number of carbonyl (C=O) groups is 15. The first-order chi connectivity index (χ1) is 63.7. The third kappa shape index (κ3) is 34.6. The Bertz CT molecular complexity index is 5530. The number of hydrogen-bond acceptors (Lipinski definition) is 22. The molecule has 0 aliphatic heterocycles. The van der Waals surface area contributed by atoms with E-state index in [2.05, 4.69) is 35.2 Å². The van der Waals surface area contributed by atoms with Crippen LogP contribution < -0.4 is 78.9 Å². The largest absolute Gasteiger partial charge is 0.481 e. The van der Waals surface area contributed by atoms with Crippen molar-refractivity contribution in [2.24, 2.45) is 5.90 Å². The van der Waals surface area contributed by atoms with E-state index in [1.807, 2.05) is 51.6 Å². The first kappa shape index (κ1) is 110. The Balaban J connectivity index is 0.000000342. The number of hydrogen-bond donors (Lipinski definition) is 14. The summed E-state index contributed by atoms with van der Waals surface area (Å²) in [4.78, 5) is 192. The maximum atomic E-state index is 14.0. The highest BCUT2D eigenvalue weighted by molar-refractivity contribution is 6.41. The van der Waals surface area contributed by atoms with Gasteiger partial charge in [0.05, 0.1) is 31.3 Å². The lowest BCUT2D eigenvalue weighted by atomic mass is 10.1. The minimum atomic E-state index is -1.95. The van der Waals surface area contributed by atoms with E-state index < -0.39 is 322 Å². The molecule has 0 saturated carbocycles. The summed E-state index contributed by atoms with van der Waals surface area (Å²) in [7, 11) is 0. The molecule has 34 nitrogen and oxygen atoms in total. The Morgan fingerprint density at radius 1 is 0.326 bits per heavy atom. The first-order valence-corrected chi connectivity index (χ1v) is 38.2. The fourth-order valence-corrected chi connectivity index (χ4v) is 10.3. The van der Waals surface area contributed by atoms with Gasteiger partial charge in [-0.3, -0.25) is 86.8 Å². The van der Waals surface area contributed by atoms with Crippen molar-refractivity contribution in [1.82, 2.24) is 42.9 Å². The predicted molar refractivity (Wildman–Crippen MR) is 424 cm³/mol. The standard InChI is InChI=1S/C30H26F6N4O7.C23H20F6N4O7.C23H19F6N3O7.C7H9NO/c1-15(37-29(44)30(45)39-26-17(31)8-5-9-18(26)32)28(43)38-21(10-11-23(42)40-47-13-16-6-3-2-4-7-16)22(41)14-46-27-24(35)19(33)12-20(34)25(27)36;1-9(30-22(37)23(38)32-19-10(24)3-2-4-11(19)25)21(36)31-14(5-6-16(35)33-39)15(34)8-40-20-17(28)12(26)7-13(27)18(20)29;1-9(30-22(37)23(38)32-19-10(24)3-2-4-11(19)25)21(36)31-14(5-6-16(34)35)15(33)8-39-20-17(28)12(26)7-13(27)18(20)29;8-9-6-7-4-2-1-3-5-7/h2-9,12,15,21H,10-11,13-14H2,1H3,(H,37,44)(H,38,43)(H,39,45)(H,40,42);2-4,7,9,14,39H,5-6,8H2,1H3,(H,30,37)(H,31,36)(H,32,38)(H,33,35);2-4,7,9,14H,5-6,8H2,1H3,(H,30,37)(H,31,36)(H,32,38)(H,34,35);1-5H,6,8H2/t15-,21-;2*9-,14-;/m000./s1. The van der Waals surface area contributed by atoms with Gasteiger partial charge in [-0.15, -0.1) is 0 Å². The number of halogens is 18. The smallest absolute Gasteiger partial charge is 0.313 e. The normalized spacial score (nSPS) is 11.9. The van der Waals surface area contributed by atoms with E-state index in [1.54, 1.807) is 46.3 Å². The molecular formula is C83H74F18N12O22. The lowest BCUT2D eigenvalue weighted by Crippen LogP contribution is -2.53. The van der Waals surface area contributed by atoms with Crippen LogP contribution in [0.2, 0.25) is 0 Å². The second-order valence-corrected chi connectivity index (χ2v) is 27.2. The zero-order chi connectivity index (χ0) is 101. The summed E-state index contributed by atoms with van der Waals surface area (Å²) in [5.74, 6) is -48.9. The predicted octanol–water partition coefficient (Wildman–Crippen LogP) is 7.55. The SMILES string of the molecule is C[C@H](NC(=O)C(=O)Nc1c(F)cccc1F)C(=O)N[C@@H](CCC(=O)NO)C(=O)COc1c(F)c(F)cc(F)c1F.C[C@H](NC(=O)C(=O)Nc1c(F)cccc1F)C(=O)N[C@@H](CCC(=O)NOCc1ccccc1)C(=O)COc1c(F)c(F)cc(F)c1F.C[C@H](NC(=O)C(=O)Nc1c(F)cccc1F)C(=O)N[C@@H](CCC(=O)O)C(=O)COc1c(F)c(F)cc(F)c1F.NOCc1ccccc1. The number of aliphatic carboxylic acids is 1. The number of carboxylic acid groups (broad SMARTS) is 1. The summed E-state index contributed by atoms with van der Waals surface area (Å²) >= 11 is 0. The van der Waals surface area contributed by atoms with Gasteiger partial charge in [0, 0.05) is 37.5 Å². The lowest BCUT2D eigenvalue weighted by molar-refractivity contribution is -0.139. The van der Waals surface area contributed by atoms with Crippen molar-refractivity contribution in [3.8, 4) is 17.2 Å². The molecule has 0 spiro atoms. The highest BCUT2D eigenvalue weighted by atomic mass is 19.2. The number of benzene rings is 8. The van der Waals surface area contributed by atoms with Gasteiger partial charge < -0.3 is 67.2 Å². The van der Waals surface area contributed by atoms with E-state index in [1.165, 1.54) is 5.48 Å². The van der Waals surface area contributed by atoms with Crippen molar-refractivity contribution >= 4 is 105 Å². The van der Waals surface area contributed by atoms with Gasteiger partial charge in [0.2, 0.25) is 64.4 Å². The Kier molecular flexibility index (Phi) is 43.7. The van der Waals surface area contributed by atoms with E-state index in [4.69, 9.17) is 21.0 Å². The summed E-state index contributed by atoms with van der Waals surface area (Å²) in [6.45, 7) is -0.186. The van der Waals surface area contributed by atoms with E-state index >= 15 is 0 Å². The van der Waals surface area contributed by atoms with Gasteiger partial charge in [0.1, 0.15) is 89.9 Å². The van der Waals surface area contributed by atoms with Crippen LogP contribution >= 0.6 is 0 Å². The molecule has 15 N–H and O–H groups in total. The van der Waals surface area contributed by atoms with Gasteiger partial charge in [-0.2, -0.15) is 26.3 Å². The van der Waals surface area contributed by atoms with Crippen LogP contribution in [0.5, 0.6) is 17.2 Å². The molecule has 52 heteroatoms. The topological polar surface area (TPSA) is 501 Å². The second kappa shape index (κ2) is 53.6. The molecule has 0 heterocycles. The number of hydroxylamine groups is 2. The van der Waals surface area contributed by atoms with Crippen molar-refractivity contribution in [2.75, 3.05) is 35.8 Å². The average Bonchev–Trinajstić information content (AvgIpc) is 0.807. The second-order valence-electron chi connectivity index (χ2n) is 27.2. The molecule has 0 fully saturated rings. The number of nitrogens with one attached hydrogen (secondary N) is 11. The number of carboxylic acids is 1.